The van der Waals surface area contributed by atoms with Gasteiger partial charge in [-0.1, -0.05) is 48.5 Å². The van der Waals surface area contributed by atoms with E-state index >= 15 is 0 Å². The van der Waals surface area contributed by atoms with Crippen LogP contribution in [0.1, 0.15) is 17.2 Å². The number of rotatable bonds is 5. The first kappa shape index (κ1) is 16.4. The molecule has 0 unspecified atom stereocenters. The van der Waals surface area contributed by atoms with Crippen molar-refractivity contribution >= 4 is 22.7 Å². The Morgan fingerprint density at radius 3 is 2.44 bits per heavy atom. The van der Waals surface area contributed by atoms with Gasteiger partial charge in [-0.05, 0) is 23.1 Å². The molecule has 0 radical (unpaired) electrons. The Hall–Kier alpha value is -3.41. The molecule has 0 saturated heterocycles. The summed E-state index contributed by atoms with van der Waals surface area (Å²) < 4.78 is 0. The van der Waals surface area contributed by atoms with E-state index < -0.39 is 17.9 Å². The Morgan fingerprint density at radius 1 is 1.04 bits per heavy atom. The summed E-state index contributed by atoms with van der Waals surface area (Å²) in [7, 11) is 0. The van der Waals surface area contributed by atoms with Crippen LogP contribution in [0.3, 0.4) is 0 Å². The molecule has 0 aliphatic heterocycles. The molecular weight excluding hydrogens is 318 g/mol. The summed E-state index contributed by atoms with van der Waals surface area (Å²) in [5.41, 5.74) is 6.69. The van der Waals surface area contributed by atoms with Crippen LogP contribution in [-0.2, 0) is 16.0 Å². The van der Waals surface area contributed by atoms with Crippen molar-refractivity contribution in [1.82, 2.24) is 10.3 Å². The molecule has 4 N–H and O–H groups in total. The number of amides is 2. The zero-order valence-corrected chi connectivity index (χ0v) is 13.4. The third-order valence-corrected chi connectivity index (χ3v) is 3.90. The molecule has 6 heteroatoms. The van der Waals surface area contributed by atoms with Crippen molar-refractivity contribution in [1.29, 1.82) is 0 Å². The molecule has 1 aromatic heterocycles. The monoisotopic (exact) mass is 335 g/mol. The van der Waals surface area contributed by atoms with Crippen LogP contribution in [-0.4, -0.2) is 16.8 Å². The Kier molecular flexibility index (Phi) is 4.61. The number of H-pyrrole nitrogens is 1. The van der Waals surface area contributed by atoms with Gasteiger partial charge in [0.25, 0.3) is 5.56 Å². The predicted molar refractivity (Wildman–Crippen MR) is 94.8 cm³/mol. The molecule has 3 rings (SSSR count). The summed E-state index contributed by atoms with van der Waals surface area (Å²) in [6, 6.07) is 16.8. The van der Waals surface area contributed by atoms with Crippen LogP contribution in [0.5, 0.6) is 0 Å². The van der Waals surface area contributed by atoms with Crippen molar-refractivity contribution in [3.8, 4) is 0 Å². The fraction of sp³-hybridized carbons (Fsp3) is 0.105. The van der Waals surface area contributed by atoms with Crippen LogP contribution in [0.4, 0.5) is 0 Å². The molecule has 1 heterocycles. The molecule has 0 saturated carbocycles. The molecular formula is C19H17N3O3. The van der Waals surface area contributed by atoms with Gasteiger partial charge in [0.2, 0.25) is 11.8 Å². The van der Waals surface area contributed by atoms with Crippen molar-refractivity contribution in [2.24, 2.45) is 5.73 Å². The minimum Gasteiger partial charge on any atom is -0.368 e. The Balaban J connectivity index is 1.81. The minimum atomic E-state index is -0.937. The van der Waals surface area contributed by atoms with E-state index in [0.29, 0.717) is 16.6 Å². The average Bonchev–Trinajstić information content (AvgIpc) is 2.61. The van der Waals surface area contributed by atoms with Crippen molar-refractivity contribution in [3.63, 3.8) is 0 Å². The fourth-order valence-corrected chi connectivity index (χ4v) is 2.67. The van der Waals surface area contributed by atoms with Crippen molar-refractivity contribution in [3.05, 3.63) is 82.1 Å². The average molecular weight is 335 g/mol. The highest BCUT2D eigenvalue weighted by Gasteiger charge is 2.20. The largest absolute Gasteiger partial charge is 0.368 e. The topological polar surface area (TPSA) is 105 Å². The highest BCUT2D eigenvalue weighted by atomic mass is 16.2. The molecule has 2 amide bonds. The molecule has 0 aliphatic rings. The number of hydrogen-bond acceptors (Lipinski definition) is 3. The number of primary amides is 1. The number of para-hydroxylation sites is 1. The normalized spacial score (nSPS) is 11.8. The van der Waals surface area contributed by atoms with Crippen LogP contribution >= 0.6 is 0 Å². The molecule has 126 valence electrons. The molecule has 0 aliphatic carbocycles. The van der Waals surface area contributed by atoms with E-state index in [1.165, 1.54) is 0 Å². The highest BCUT2D eigenvalue weighted by molar-refractivity contribution is 5.89. The van der Waals surface area contributed by atoms with Gasteiger partial charge in [-0.15, -0.1) is 0 Å². The van der Waals surface area contributed by atoms with Crippen LogP contribution < -0.4 is 16.6 Å². The van der Waals surface area contributed by atoms with E-state index in [4.69, 9.17) is 5.73 Å². The minimum absolute atomic E-state index is 0.142. The number of benzene rings is 2. The second kappa shape index (κ2) is 7.00. The van der Waals surface area contributed by atoms with Gasteiger partial charge in [-0.3, -0.25) is 14.4 Å². The standard InChI is InChI=1S/C19H17N3O3/c20-18(24)17(12-6-2-1-3-7-12)22-16(23)11-14-10-13-8-4-5-9-15(13)21-19(14)25/h1-10,17H,11H2,(H2,20,24)(H,21,25)(H,22,23)/t17-/m0/s1. The van der Waals surface area contributed by atoms with Crippen LogP contribution in [0, 0.1) is 0 Å². The highest BCUT2D eigenvalue weighted by Crippen LogP contribution is 2.13. The lowest BCUT2D eigenvalue weighted by Gasteiger charge is -2.15. The third kappa shape index (κ3) is 3.74. The molecule has 0 spiro atoms. The van der Waals surface area contributed by atoms with E-state index in [2.05, 4.69) is 10.3 Å². The number of pyridine rings is 1. The number of fused-ring (bicyclic) bond motifs is 1. The van der Waals surface area contributed by atoms with E-state index in [-0.39, 0.29) is 12.0 Å². The number of aromatic amines is 1. The Labute approximate surface area is 143 Å². The van der Waals surface area contributed by atoms with Gasteiger partial charge in [0.15, 0.2) is 0 Å². The van der Waals surface area contributed by atoms with Crippen molar-refractivity contribution < 1.29 is 9.59 Å². The lowest BCUT2D eigenvalue weighted by molar-refractivity contribution is -0.127. The number of nitrogens with one attached hydrogen (secondary N) is 2. The lowest BCUT2D eigenvalue weighted by Crippen LogP contribution is -2.38. The maximum atomic E-state index is 12.3. The first-order valence-corrected chi connectivity index (χ1v) is 7.79. The summed E-state index contributed by atoms with van der Waals surface area (Å²) in [5.74, 6) is -1.11. The maximum Gasteiger partial charge on any atom is 0.252 e. The van der Waals surface area contributed by atoms with E-state index in [0.717, 1.165) is 5.39 Å². The summed E-state index contributed by atoms with van der Waals surface area (Å²) in [6.45, 7) is 0. The van der Waals surface area contributed by atoms with Gasteiger partial charge in [-0.2, -0.15) is 0 Å². The molecule has 3 aromatic rings. The van der Waals surface area contributed by atoms with Gasteiger partial charge in [0, 0.05) is 11.1 Å². The second-order valence-electron chi connectivity index (χ2n) is 5.70. The first-order valence-electron chi connectivity index (χ1n) is 7.79. The van der Waals surface area contributed by atoms with Crippen molar-refractivity contribution in [2.45, 2.75) is 12.5 Å². The SMILES string of the molecule is NC(=O)[C@@H](NC(=O)Cc1cc2ccccc2[nH]c1=O)c1ccccc1. The quantitative estimate of drug-likeness (QED) is 0.656. The molecule has 0 bridgehead atoms. The Morgan fingerprint density at radius 2 is 1.72 bits per heavy atom. The smallest absolute Gasteiger partial charge is 0.252 e. The van der Waals surface area contributed by atoms with Gasteiger partial charge in [0.05, 0.1) is 6.42 Å². The second-order valence-corrected chi connectivity index (χ2v) is 5.70. The number of carbonyl (C=O) groups excluding carboxylic acids is 2. The lowest BCUT2D eigenvalue weighted by atomic mass is 10.1. The van der Waals surface area contributed by atoms with Gasteiger partial charge < -0.3 is 16.0 Å². The molecule has 1 atom stereocenters. The molecule has 0 fully saturated rings. The fourth-order valence-electron chi connectivity index (χ4n) is 2.67. The predicted octanol–water partition coefficient (Wildman–Crippen LogP) is 1.41. The van der Waals surface area contributed by atoms with Crippen LogP contribution in [0.2, 0.25) is 0 Å². The zero-order valence-electron chi connectivity index (χ0n) is 13.4. The summed E-state index contributed by atoms with van der Waals surface area (Å²) >= 11 is 0. The number of aromatic nitrogens is 1. The number of nitrogens with two attached hydrogens (primary N) is 1. The van der Waals surface area contributed by atoms with Gasteiger partial charge >= 0.3 is 0 Å². The number of carbonyl (C=O) groups is 2. The van der Waals surface area contributed by atoms with E-state index in [9.17, 15) is 14.4 Å². The van der Waals surface area contributed by atoms with Crippen LogP contribution in [0.25, 0.3) is 10.9 Å². The molecule has 2 aromatic carbocycles. The van der Waals surface area contributed by atoms with Crippen LogP contribution in [0.15, 0.2) is 65.5 Å². The summed E-state index contributed by atoms with van der Waals surface area (Å²) in [4.78, 5) is 38.9. The van der Waals surface area contributed by atoms with Gasteiger partial charge in [0.1, 0.15) is 6.04 Å². The van der Waals surface area contributed by atoms with Gasteiger partial charge in [-0.25, -0.2) is 0 Å². The summed E-state index contributed by atoms with van der Waals surface area (Å²) in [5, 5.41) is 3.42. The maximum absolute atomic E-state index is 12.3. The zero-order chi connectivity index (χ0) is 17.8. The Bertz CT molecular complexity index is 980. The molecule has 25 heavy (non-hydrogen) atoms. The van der Waals surface area contributed by atoms with E-state index in [1.54, 1.807) is 42.5 Å². The third-order valence-electron chi connectivity index (χ3n) is 3.90. The molecule has 6 nitrogen and oxygen atoms in total. The summed E-state index contributed by atoms with van der Waals surface area (Å²) in [6.07, 6.45) is -0.142. The van der Waals surface area contributed by atoms with E-state index in [1.807, 2.05) is 18.2 Å². The first-order chi connectivity index (χ1) is 12.0. The number of hydrogen-bond donors (Lipinski definition) is 3. The van der Waals surface area contributed by atoms with Crippen molar-refractivity contribution in [2.75, 3.05) is 0 Å².